The Hall–Kier alpha value is -2.61. The number of thiophene rings is 1. The minimum absolute atomic E-state index is 0.182. The molecular weight excluding hydrogens is 352 g/mol. The lowest BCUT2D eigenvalue weighted by molar-refractivity contribution is 0.0943. The largest absolute Gasteiger partial charge is 0.341 e. The maximum Gasteiger partial charge on any atom is 0.252 e. The molecule has 0 radical (unpaired) electrons. The zero-order chi connectivity index (χ0) is 17.8. The van der Waals surface area contributed by atoms with E-state index in [4.69, 9.17) is 16.9 Å². The zero-order valence-corrected chi connectivity index (χ0v) is 15.1. The number of hydrogen-bond acceptors (Lipinski definition) is 3. The Morgan fingerprint density at radius 1 is 1.16 bits per heavy atom. The molecule has 124 valence electrons. The highest BCUT2D eigenvalue weighted by molar-refractivity contribution is 7.08. The van der Waals surface area contributed by atoms with E-state index in [0.29, 0.717) is 16.1 Å². The molecule has 0 fully saturated rings. The van der Waals surface area contributed by atoms with E-state index in [0.717, 1.165) is 16.7 Å². The van der Waals surface area contributed by atoms with Gasteiger partial charge in [0.25, 0.3) is 5.91 Å². The van der Waals surface area contributed by atoms with E-state index in [1.165, 1.54) is 0 Å². The third-order valence-corrected chi connectivity index (χ3v) is 4.92. The number of rotatable bonds is 4. The van der Waals surface area contributed by atoms with E-state index < -0.39 is 0 Å². The summed E-state index contributed by atoms with van der Waals surface area (Å²) in [5.74, 6) is -0.182. The van der Waals surface area contributed by atoms with Crippen LogP contribution >= 0.6 is 22.9 Å². The molecule has 2 aromatic carbocycles. The van der Waals surface area contributed by atoms with Crippen LogP contribution in [0.5, 0.6) is 0 Å². The monoisotopic (exact) mass is 366 g/mol. The van der Waals surface area contributed by atoms with Gasteiger partial charge in [0.15, 0.2) is 0 Å². The second kappa shape index (κ2) is 7.52. The lowest BCUT2D eigenvalue weighted by atomic mass is 10.00. The summed E-state index contributed by atoms with van der Waals surface area (Å²) in [5, 5.41) is 16.8. The van der Waals surface area contributed by atoms with Crippen molar-refractivity contribution in [2.75, 3.05) is 0 Å². The first-order chi connectivity index (χ1) is 12.1. The molecule has 1 aromatic heterocycles. The van der Waals surface area contributed by atoms with Crippen molar-refractivity contribution in [3.63, 3.8) is 0 Å². The van der Waals surface area contributed by atoms with Crippen LogP contribution in [0.25, 0.3) is 0 Å². The smallest absolute Gasteiger partial charge is 0.252 e. The summed E-state index contributed by atoms with van der Waals surface area (Å²) >= 11 is 7.56. The molecule has 1 heterocycles. The molecule has 1 amide bonds. The van der Waals surface area contributed by atoms with Crippen molar-refractivity contribution in [1.82, 2.24) is 5.32 Å². The fourth-order valence-electron chi connectivity index (χ4n) is 2.60. The number of nitrogens with one attached hydrogen (secondary N) is 1. The Morgan fingerprint density at radius 2 is 1.92 bits per heavy atom. The third-order valence-electron chi connectivity index (χ3n) is 3.96. The van der Waals surface area contributed by atoms with Crippen molar-refractivity contribution in [3.8, 4) is 6.07 Å². The first-order valence-corrected chi connectivity index (χ1v) is 9.00. The highest BCUT2D eigenvalue weighted by atomic mass is 35.5. The number of carbonyl (C=O) groups excluding carboxylic acids is 1. The van der Waals surface area contributed by atoms with Crippen molar-refractivity contribution in [2.45, 2.75) is 13.0 Å². The van der Waals surface area contributed by atoms with Crippen molar-refractivity contribution >= 4 is 28.8 Å². The van der Waals surface area contributed by atoms with Crippen LogP contribution in [0.2, 0.25) is 5.02 Å². The molecule has 0 bridgehead atoms. The van der Waals surface area contributed by atoms with Gasteiger partial charge in [0, 0.05) is 10.6 Å². The summed E-state index contributed by atoms with van der Waals surface area (Å²) in [6, 6.07) is 16.4. The number of carbonyl (C=O) groups is 1. The van der Waals surface area contributed by atoms with Gasteiger partial charge in [-0.05, 0) is 70.8 Å². The van der Waals surface area contributed by atoms with Crippen LogP contribution in [0.15, 0.2) is 59.3 Å². The highest BCUT2D eigenvalue weighted by Gasteiger charge is 2.18. The van der Waals surface area contributed by atoms with Gasteiger partial charge in [0.05, 0.1) is 17.7 Å². The van der Waals surface area contributed by atoms with E-state index in [1.54, 1.807) is 29.5 Å². The van der Waals surface area contributed by atoms with Gasteiger partial charge >= 0.3 is 0 Å². The second-order valence-corrected chi connectivity index (χ2v) is 6.87. The quantitative estimate of drug-likeness (QED) is 0.698. The van der Waals surface area contributed by atoms with Gasteiger partial charge in [-0.1, -0.05) is 23.7 Å². The van der Waals surface area contributed by atoms with Crippen LogP contribution in [0, 0.1) is 18.3 Å². The number of halogens is 1. The molecule has 0 spiro atoms. The number of benzene rings is 2. The van der Waals surface area contributed by atoms with Gasteiger partial charge in [0.2, 0.25) is 0 Å². The Labute approximate surface area is 155 Å². The van der Waals surface area contributed by atoms with Gasteiger partial charge in [-0.15, -0.1) is 0 Å². The Morgan fingerprint density at radius 3 is 2.52 bits per heavy atom. The summed E-state index contributed by atoms with van der Waals surface area (Å²) < 4.78 is 0. The molecule has 1 atom stereocenters. The predicted molar refractivity (Wildman–Crippen MR) is 101 cm³/mol. The lowest BCUT2D eigenvalue weighted by Crippen LogP contribution is -2.29. The Bertz CT molecular complexity index is 927. The molecule has 0 aliphatic carbocycles. The Balaban J connectivity index is 1.90. The van der Waals surface area contributed by atoms with Gasteiger partial charge < -0.3 is 5.32 Å². The predicted octanol–water partition coefficient (Wildman–Crippen LogP) is 5.10. The first kappa shape index (κ1) is 17.2. The SMILES string of the molecule is Cc1cc(C(=O)N[C@@H](c2ccc(Cl)cc2)c2ccsc2)ccc1C#N. The fourth-order valence-corrected chi connectivity index (χ4v) is 3.41. The molecule has 5 heteroatoms. The topological polar surface area (TPSA) is 52.9 Å². The lowest BCUT2D eigenvalue weighted by Gasteiger charge is -2.19. The summed E-state index contributed by atoms with van der Waals surface area (Å²) in [6.07, 6.45) is 0. The average Bonchev–Trinajstić information content (AvgIpc) is 3.14. The molecule has 3 rings (SSSR count). The van der Waals surface area contributed by atoms with E-state index in [9.17, 15) is 4.79 Å². The van der Waals surface area contributed by atoms with Gasteiger partial charge in [-0.25, -0.2) is 0 Å². The van der Waals surface area contributed by atoms with Gasteiger partial charge in [0.1, 0.15) is 0 Å². The van der Waals surface area contributed by atoms with E-state index in [2.05, 4.69) is 11.4 Å². The zero-order valence-electron chi connectivity index (χ0n) is 13.5. The molecule has 3 aromatic rings. The molecule has 0 unspecified atom stereocenters. The summed E-state index contributed by atoms with van der Waals surface area (Å²) in [4.78, 5) is 12.7. The van der Waals surface area contributed by atoms with E-state index in [-0.39, 0.29) is 11.9 Å². The van der Waals surface area contributed by atoms with Crippen molar-refractivity contribution < 1.29 is 4.79 Å². The second-order valence-electron chi connectivity index (χ2n) is 5.66. The van der Waals surface area contributed by atoms with Crippen LogP contribution in [-0.4, -0.2) is 5.91 Å². The molecule has 0 saturated heterocycles. The minimum Gasteiger partial charge on any atom is -0.341 e. The molecule has 0 aliphatic heterocycles. The van der Waals surface area contributed by atoms with Crippen LogP contribution < -0.4 is 5.32 Å². The number of aryl methyl sites for hydroxylation is 1. The summed E-state index contributed by atoms with van der Waals surface area (Å²) in [7, 11) is 0. The minimum atomic E-state index is -0.257. The molecule has 1 N–H and O–H groups in total. The number of nitrogens with zero attached hydrogens (tertiary/aromatic N) is 1. The first-order valence-electron chi connectivity index (χ1n) is 7.67. The van der Waals surface area contributed by atoms with E-state index in [1.807, 2.05) is 48.0 Å². The van der Waals surface area contributed by atoms with Gasteiger partial charge in [-0.3, -0.25) is 4.79 Å². The maximum absolute atomic E-state index is 12.7. The van der Waals surface area contributed by atoms with Crippen molar-refractivity contribution in [3.05, 3.63) is 92.1 Å². The van der Waals surface area contributed by atoms with Crippen molar-refractivity contribution in [2.24, 2.45) is 0 Å². The molecule has 0 saturated carbocycles. The number of amides is 1. The normalized spacial score (nSPS) is 11.6. The molecule has 25 heavy (non-hydrogen) atoms. The average molecular weight is 367 g/mol. The molecule has 3 nitrogen and oxygen atoms in total. The maximum atomic E-state index is 12.7. The van der Waals surface area contributed by atoms with Crippen LogP contribution in [0.3, 0.4) is 0 Å². The van der Waals surface area contributed by atoms with Crippen LogP contribution in [0.1, 0.15) is 38.7 Å². The van der Waals surface area contributed by atoms with Crippen LogP contribution in [-0.2, 0) is 0 Å². The Kier molecular flexibility index (Phi) is 5.18. The third kappa shape index (κ3) is 3.90. The number of nitriles is 1. The van der Waals surface area contributed by atoms with Crippen molar-refractivity contribution in [1.29, 1.82) is 5.26 Å². The van der Waals surface area contributed by atoms with Gasteiger partial charge in [-0.2, -0.15) is 16.6 Å². The number of hydrogen-bond donors (Lipinski definition) is 1. The summed E-state index contributed by atoms with van der Waals surface area (Å²) in [6.45, 7) is 1.82. The fraction of sp³-hybridized carbons (Fsp3) is 0.100. The summed E-state index contributed by atoms with van der Waals surface area (Å²) in [5.41, 5.74) is 3.87. The molecular formula is C20H15ClN2OS. The standard InChI is InChI=1S/C20H15ClN2OS/c1-13-10-15(2-3-16(13)11-22)20(24)23-19(17-8-9-25-12-17)14-4-6-18(21)7-5-14/h2-10,12,19H,1H3,(H,23,24)/t19-/m0/s1. The highest BCUT2D eigenvalue weighted by Crippen LogP contribution is 2.26. The van der Waals surface area contributed by atoms with E-state index >= 15 is 0 Å². The van der Waals surface area contributed by atoms with Crippen LogP contribution in [0.4, 0.5) is 0 Å². The molecule has 0 aliphatic rings.